The van der Waals surface area contributed by atoms with E-state index in [1.54, 1.807) is 23.5 Å². The number of thiazole rings is 1. The van der Waals surface area contributed by atoms with Crippen LogP contribution in [-0.2, 0) is 4.79 Å². The number of para-hydroxylation sites is 3. The molecular formula is C22H19N3O2S. The minimum atomic E-state index is 0.00464. The Bertz CT molecular complexity index is 1100. The minimum Gasteiger partial charge on any atom is -0.437 e. The molecule has 5 nitrogen and oxygen atoms in total. The lowest BCUT2D eigenvalue weighted by Crippen LogP contribution is -2.36. The number of oxazole rings is 1. The van der Waals surface area contributed by atoms with Crippen molar-refractivity contribution in [3.05, 3.63) is 65.5 Å². The summed E-state index contributed by atoms with van der Waals surface area (Å²) in [5.41, 5.74) is 2.60. The van der Waals surface area contributed by atoms with Gasteiger partial charge >= 0.3 is 0 Å². The number of piperidine rings is 1. The number of amides is 1. The molecule has 1 aliphatic rings. The average molecular weight is 389 g/mol. The maximum Gasteiger partial charge on any atom is 0.246 e. The number of carbonyl (C=O) groups is 1. The summed E-state index contributed by atoms with van der Waals surface area (Å²) >= 11 is 1.77. The minimum absolute atomic E-state index is 0.00464. The monoisotopic (exact) mass is 389 g/mol. The smallest absolute Gasteiger partial charge is 0.246 e. The van der Waals surface area contributed by atoms with Crippen molar-refractivity contribution in [1.29, 1.82) is 0 Å². The Morgan fingerprint density at radius 2 is 1.79 bits per heavy atom. The molecule has 0 N–H and O–H groups in total. The van der Waals surface area contributed by atoms with E-state index in [1.807, 2.05) is 35.2 Å². The van der Waals surface area contributed by atoms with Gasteiger partial charge in [0.05, 0.1) is 15.2 Å². The van der Waals surface area contributed by atoms with Crippen LogP contribution >= 0.6 is 11.3 Å². The van der Waals surface area contributed by atoms with Crippen LogP contribution in [0.25, 0.3) is 27.4 Å². The average Bonchev–Trinajstić information content (AvgIpc) is 3.35. The molecule has 4 aromatic rings. The Kier molecular flexibility index (Phi) is 4.41. The van der Waals surface area contributed by atoms with Crippen molar-refractivity contribution in [3.8, 4) is 0 Å². The highest BCUT2D eigenvalue weighted by atomic mass is 32.1. The number of rotatable bonds is 3. The van der Waals surface area contributed by atoms with Crippen LogP contribution < -0.4 is 0 Å². The Hall–Kier alpha value is -2.99. The van der Waals surface area contributed by atoms with Gasteiger partial charge in [-0.2, -0.15) is 0 Å². The number of nitrogens with zero attached hydrogens (tertiary/aromatic N) is 3. The van der Waals surface area contributed by atoms with Crippen LogP contribution in [0.1, 0.15) is 29.7 Å². The van der Waals surface area contributed by atoms with Gasteiger partial charge in [0.25, 0.3) is 0 Å². The van der Waals surface area contributed by atoms with Gasteiger partial charge in [-0.3, -0.25) is 4.79 Å². The predicted octanol–water partition coefficient (Wildman–Crippen LogP) is 4.86. The number of likely N-dealkylation sites (tertiary alicyclic amines) is 1. The molecule has 0 saturated carbocycles. The summed E-state index contributed by atoms with van der Waals surface area (Å²) in [6, 6.07) is 15.8. The van der Waals surface area contributed by atoms with Gasteiger partial charge in [0.2, 0.25) is 11.8 Å². The van der Waals surface area contributed by atoms with Crippen molar-refractivity contribution in [2.24, 2.45) is 0 Å². The molecule has 6 heteroatoms. The maximum atomic E-state index is 12.5. The molecule has 0 spiro atoms. The van der Waals surface area contributed by atoms with Crippen LogP contribution in [0.15, 0.2) is 59.0 Å². The van der Waals surface area contributed by atoms with Crippen LogP contribution in [0, 0.1) is 0 Å². The van der Waals surface area contributed by atoms with Gasteiger partial charge in [0.1, 0.15) is 5.52 Å². The molecule has 0 atom stereocenters. The maximum absolute atomic E-state index is 12.5. The predicted molar refractivity (Wildman–Crippen MR) is 111 cm³/mol. The Morgan fingerprint density at radius 1 is 1.04 bits per heavy atom. The van der Waals surface area contributed by atoms with E-state index in [9.17, 15) is 4.79 Å². The van der Waals surface area contributed by atoms with Crippen molar-refractivity contribution < 1.29 is 9.21 Å². The molecule has 0 radical (unpaired) electrons. The van der Waals surface area contributed by atoms with Crippen LogP contribution in [0.3, 0.4) is 0 Å². The van der Waals surface area contributed by atoms with E-state index in [1.165, 1.54) is 9.71 Å². The Morgan fingerprint density at radius 3 is 2.57 bits per heavy atom. The third kappa shape index (κ3) is 3.31. The van der Waals surface area contributed by atoms with E-state index in [-0.39, 0.29) is 5.91 Å². The fourth-order valence-corrected chi connectivity index (χ4v) is 4.76. The molecule has 0 bridgehead atoms. The van der Waals surface area contributed by atoms with Gasteiger partial charge in [-0.15, -0.1) is 11.3 Å². The van der Waals surface area contributed by atoms with Crippen molar-refractivity contribution >= 4 is 44.6 Å². The van der Waals surface area contributed by atoms with Crippen molar-refractivity contribution in [2.45, 2.75) is 18.8 Å². The number of hydrogen-bond acceptors (Lipinski definition) is 5. The lowest BCUT2D eigenvalue weighted by atomic mass is 9.97. The lowest BCUT2D eigenvalue weighted by molar-refractivity contribution is -0.126. The molecule has 1 aliphatic heterocycles. The second kappa shape index (κ2) is 7.20. The quantitative estimate of drug-likeness (QED) is 0.470. The summed E-state index contributed by atoms with van der Waals surface area (Å²) in [4.78, 5) is 23.6. The highest BCUT2D eigenvalue weighted by molar-refractivity contribution is 7.18. The normalized spacial score (nSPS) is 15.8. The standard InChI is InChI=1S/C22H19N3O2S/c26-21(10-9-20-23-16-5-1-3-7-18(16)27-20)25-13-11-15(12-14-25)22-24-17-6-2-4-8-19(17)28-22/h1-10,15H,11-14H2/b10-9+. The zero-order chi connectivity index (χ0) is 18.9. The van der Waals surface area contributed by atoms with Crippen LogP contribution in [0.4, 0.5) is 0 Å². The summed E-state index contributed by atoms with van der Waals surface area (Å²) in [6.45, 7) is 1.49. The fourth-order valence-electron chi connectivity index (χ4n) is 3.62. The Balaban J connectivity index is 1.22. The summed E-state index contributed by atoms with van der Waals surface area (Å²) in [7, 11) is 0. The molecule has 2 aromatic carbocycles. The summed E-state index contributed by atoms with van der Waals surface area (Å²) in [6.07, 6.45) is 5.11. The van der Waals surface area contributed by atoms with Gasteiger partial charge in [-0.1, -0.05) is 24.3 Å². The zero-order valence-electron chi connectivity index (χ0n) is 15.2. The third-order valence-electron chi connectivity index (χ3n) is 5.15. The molecule has 140 valence electrons. The van der Waals surface area contributed by atoms with E-state index in [0.717, 1.165) is 42.5 Å². The summed E-state index contributed by atoms with van der Waals surface area (Å²) < 4.78 is 6.87. The Labute approximate surface area is 166 Å². The number of fused-ring (bicyclic) bond motifs is 2. The fraction of sp³-hybridized carbons (Fsp3) is 0.227. The van der Waals surface area contributed by atoms with Crippen molar-refractivity contribution in [1.82, 2.24) is 14.9 Å². The second-order valence-corrected chi connectivity index (χ2v) is 8.03. The molecule has 1 saturated heterocycles. The van der Waals surface area contributed by atoms with Gasteiger partial charge < -0.3 is 9.32 Å². The zero-order valence-corrected chi connectivity index (χ0v) is 16.1. The van der Waals surface area contributed by atoms with E-state index in [2.05, 4.69) is 23.2 Å². The first-order valence-electron chi connectivity index (χ1n) is 9.44. The third-order valence-corrected chi connectivity index (χ3v) is 6.34. The lowest BCUT2D eigenvalue weighted by Gasteiger charge is -2.30. The van der Waals surface area contributed by atoms with Crippen LogP contribution in [0.2, 0.25) is 0 Å². The largest absolute Gasteiger partial charge is 0.437 e. The van der Waals surface area contributed by atoms with E-state index in [0.29, 0.717) is 11.8 Å². The van der Waals surface area contributed by atoms with Gasteiger partial charge in [0.15, 0.2) is 5.58 Å². The molecule has 5 rings (SSSR count). The molecular weight excluding hydrogens is 370 g/mol. The topological polar surface area (TPSA) is 59.2 Å². The first-order chi connectivity index (χ1) is 13.8. The highest BCUT2D eigenvalue weighted by Crippen LogP contribution is 2.33. The molecule has 3 heterocycles. The van der Waals surface area contributed by atoms with Gasteiger partial charge in [0, 0.05) is 31.2 Å². The van der Waals surface area contributed by atoms with Gasteiger partial charge in [-0.05, 0) is 37.1 Å². The van der Waals surface area contributed by atoms with Gasteiger partial charge in [-0.25, -0.2) is 9.97 Å². The van der Waals surface area contributed by atoms with Crippen LogP contribution in [-0.4, -0.2) is 33.9 Å². The molecule has 2 aromatic heterocycles. The molecule has 1 fully saturated rings. The summed E-state index contributed by atoms with van der Waals surface area (Å²) in [5.74, 6) is 0.895. The van der Waals surface area contributed by atoms with E-state index < -0.39 is 0 Å². The summed E-state index contributed by atoms with van der Waals surface area (Å²) in [5, 5.41) is 1.19. The number of carbonyl (C=O) groups excluding carboxylic acids is 1. The number of hydrogen-bond donors (Lipinski definition) is 0. The molecule has 0 unspecified atom stereocenters. The first kappa shape index (κ1) is 17.1. The first-order valence-corrected chi connectivity index (χ1v) is 10.3. The second-order valence-electron chi connectivity index (χ2n) is 6.97. The van der Waals surface area contributed by atoms with Crippen LogP contribution in [0.5, 0.6) is 0 Å². The SMILES string of the molecule is O=C(/C=C/c1nc2ccccc2o1)N1CCC(c2nc3ccccc3s2)CC1. The van der Waals surface area contributed by atoms with Crippen molar-refractivity contribution in [2.75, 3.05) is 13.1 Å². The molecule has 1 amide bonds. The highest BCUT2D eigenvalue weighted by Gasteiger charge is 2.25. The molecule has 0 aliphatic carbocycles. The van der Waals surface area contributed by atoms with Crippen molar-refractivity contribution in [3.63, 3.8) is 0 Å². The van der Waals surface area contributed by atoms with E-state index >= 15 is 0 Å². The number of aromatic nitrogens is 2. The number of benzene rings is 2. The molecule has 28 heavy (non-hydrogen) atoms. The van der Waals surface area contributed by atoms with E-state index in [4.69, 9.17) is 9.40 Å².